The second-order valence-corrected chi connectivity index (χ2v) is 12.7. The molecule has 1 unspecified atom stereocenters. The van der Waals surface area contributed by atoms with Gasteiger partial charge in [-0.15, -0.1) is 0 Å². The molecule has 0 amide bonds. The predicted molar refractivity (Wildman–Crippen MR) is 159 cm³/mol. The highest BCUT2D eigenvalue weighted by Gasteiger charge is 2.50. The zero-order chi connectivity index (χ0) is 30.4. The Hall–Kier alpha value is -3.96. The molecule has 1 aliphatic carbocycles. The number of carbonyl (C=O) groups excluding carboxylic acids is 1. The van der Waals surface area contributed by atoms with Crippen LogP contribution in [0, 0.1) is 11.2 Å². The molecule has 2 atom stereocenters. The summed E-state index contributed by atoms with van der Waals surface area (Å²) in [5.41, 5.74) is 2.71. The van der Waals surface area contributed by atoms with Gasteiger partial charge in [0, 0.05) is 19.3 Å². The Morgan fingerprint density at radius 1 is 1.14 bits per heavy atom. The number of aryl methyl sites for hydroxylation is 1. The molecule has 2 aliphatic rings. The molecule has 1 saturated heterocycles. The van der Waals surface area contributed by atoms with Gasteiger partial charge in [-0.1, -0.05) is 29.2 Å². The molecule has 0 N–H and O–H groups in total. The Bertz CT molecular complexity index is 1760. The molecular formula is C32H29F4N5OS. The molecular weight excluding hydrogens is 578 g/mol. The van der Waals surface area contributed by atoms with Gasteiger partial charge in [-0.25, -0.2) is 18.4 Å². The first-order valence-electron chi connectivity index (χ1n) is 14.0. The summed E-state index contributed by atoms with van der Waals surface area (Å²) < 4.78 is 58.0. The lowest BCUT2D eigenvalue weighted by molar-refractivity contribution is -0.141. The van der Waals surface area contributed by atoms with Crippen molar-refractivity contribution in [1.82, 2.24) is 24.1 Å². The number of rotatable bonds is 6. The summed E-state index contributed by atoms with van der Waals surface area (Å²) >= 11 is 0. The van der Waals surface area contributed by atoms with E-state index in [0.29, 0.717) is 35.8 Å². The number of benzene rings is 1. The van der Waals surface area contributed by atoms with E-state index in [-0.39, 0.29) is 18.1 Å². The Labute approximate surface area is 249 Å². The van der Waals surface area contributed by atoms with E-state index in [0.717, 1.165) is 34.9 Å². The number of aromatic nitrogens is 4. The van der Waals surface area contributed by atoms with Crippen molar-refractivity contribution in [2.75, 3.05) is 13.1 Å². The fourth-order valence-corrected chi connectivity index (χ4v) is 7.79. The van der Waals surface area contributed by atoms with Crippen molar-refractivity contribution >= 4 is 27.9 Å². The van der Waals surface area contributed by atoms with Crippen LogP contribution < -0.4 is 0 Å². The second kappa shape index (κ2) is 11.3. The van der Waals surface area contributed by atoms with Gasteiger partial charge in [-0.2, -0.15) is 18.3 Å². The van der Waals surface area contributed by atoms with Gasteiger partial charge in [-0.05, 0) is 97.3 Å². The molecule has 1 aliphatic heterocycles. The standard InChI is InChI=1S/C32H29F4N5OS/c1-3-21-12-14-37-26(16-21)30(42)31-18-22-19-38-41(25-10-8-24(33)9-11-25)27(22)17-23(31)13-15-40(20-31)43(4-2)29-7-5-6-28(39-29)32(34,35)36/h4-12,14,16-17,19H,3,13,15,18,20H2,1-2H3/t31-,43?/m0/s1. The number of Topliss-reactive ketones (excluding diaryl/α,β-unsaturated/α-hetero) is 1. The van der Waals surface area contributed by atoms with E-state index in [9.17, 15) is 22.4 Å². The number of ketones is 1. The first-order valence-corrected chi connectivity index (χ1v) is 15.2. The topological polar surface area (TPSA) is 63.9 Å². The maximum Gasteiger partial charge on any atom is 0.433 e. The van der Waals surface area contributed by atoms with Gasteiger partial charge in [0.05, 0.1) is 23.0 Å². The Morgan fingerprint density at radius 3 is 2.65 bits per heavy atom. The fraction of sp³-hybridized carbons (Fsp3) is 0.281. The minimum atomic E-state index is -4.56. The van der Waals surface area contributed by atoms with Gasteiger partial charge in [-0.3, -0.25) is 9.78 Å². The third kappa shape index (κ3) is 5.36. The number of halogens is 4. The highest BCUT2D eigenvalue weighted by Crippen LogP contribution is 2.49. The van der Waals surface area contributed by atoms with Crippen LogP contribution in [0.15, 0.2) is 77.6 Å². The summed E-state index contributed by atoms with van der Waals surface area (Å²) in [7, 11) is -0.890. The zero-order valence-corrected chi connectivity index (χ0v) is 24.4. The van der Waals surface area contributed by atoms with Crippen LogP contribution in [-0.2, 0) is 19.0 Å². The molecule has 3 aromatic heterocycles. The van der Waals surface area contributed by atoms with Crippen LogP contribution in [0.5, 0.6) is 0 Å². The SMILES string of the molecule is C/C=S(\c1cccc(C(F)(F)F)n1)N1CCC2=Cc3c(cnn3-c3ccc(F)cc3)C[C@]2(C(=O)c2cc(CC)ccn2)C1. The molecule has 222 valence electrons. The highest BCUT2D eigenvalue weighted by atomic mass is 32.2. The normalized spacial score (nSPS) is 19.4. The minimum absolute atomic E-state index is 0.129. The molecule has 4 heterocycles. The molecule has 4 aromatic rings. The van der Waals surface area contributed by atoms with Crippen LogP contribution >= 0.6 is 10.7 Å². The number of fused-ring (bicyclic) bond motifs is 2. The largest absolute Gasteiger partial charge is 0.433 e. The average molecular weight is 608 g/mol. The number of piperidine rings is 1. The molecule has 1 aromatic carbocycles. The van der Waals surface area contributed by atoms with E-state index in [4.69, 9.17) is 0 Å². The maximum atomic E-state index is 14.6. The zero-order valence-electron chi connectivity index (χ0n) is 23.6. The van der Waals surface area contributed by atoms with Gasteiger partial charge in [0.2, 0.25) is 0 Å². The minimum Gasteiger partial charge on any atom is -0.291 e. The van der Waals surface area contributed by atoms with Crippen molar-refractivity contribution in [2.24, 2.45) is 5.41 Å². The fourth-order valence-electron chi connectivity index (χ4n) is 5.93. The quantitative estimate of drug-likeness (QED) is 0.135. The Balaban J connectivity index is 1.44. The third-order valence-electron chi connectivity index (χ3n) is 8.08. The van der Waals surface area contributed by atoms with E-state index in [2.05, 4.69) is 19.4 Å². The average Bonchev–Trinajstić information content (AvgIpc) is 3.42. The molecule has 0 radical (unpaired) electrons. The van der Waals surface area contributed by atoms with Crippen LogP contribution in [0.2, 0.25) is 0 Å². The van der Waals surface area contributed by atoms with Gasteiger partial charge < -0.3 is 0 Å². The lowest BCUT2D eigenvalue weighted by atomic mass is 9.65. The van der Waals surface area contributed by atoms with Gasteiger partial charge >= 0.3 is 6.18 Å². The van der Waals surface area contributed by atoms with Crippen molar-refractivity contribution in [3.8, 4) is 5.69 Å². The monoisotopic (exact) mass is 607 g/mol. The number of hydrogen-bond acceptors (Lipinski definition) is 5. The van der Waals surface area contributed by atoms with Crippen molar-refractivity contribution in [1.29, 1.82) is 0 Å². The first-order chi connectivity index (χ1) is 20.6. The van der Waals surface area contributed by atoms with Gasteiger partial charge in [0.25, 0.3) is 0 Å². The van der Waals surface area contributed by atoms with Gasteiger partial charge in [0.15, 0.2) is 5.78 Å². The lowest BCUT2D eigenvalue weighted by Gasteiger charge is -2.46. The summed E-state index contributed by atoms with van der Waals surface area (Å²) in [6.07, 6.45) is 2.43. The smallest absolute Gasteiger partial charge is 0.291 e. The van der Waals surface area contributed by atoms with Crippen LogP contribution in [0.1, 0.15) is 53.3 Å². The van der Waals surface area contributed by atoms with Crippen LogP contribution in [-0.4, -0.2) is 48.3 Å². The summed E-state index contributed by atoms with van der Waals surface area (Å²) in [4.78, 5) is 23.0. The highest BCUT2D eigenvalue weighted by molar-refractivity contribution is 8.12. The van der Waals surface area contributed by atoms with E-state index in [1.165, 1.54) is 18.2 Å². The summed E-state index contributed by atoms with van der Waals surface area (Å²) in [5, 5.41) is 6.74. The van der Waals surface area contributed by atoms with E-state index >= 15 is 0 Å². The number of alkyl halides is 3. The second-order valence-electron chi connectivity index (χ2n) is 10.6. The number of hydrogen-bond donors (Lipinski definition) is 0. The van der Waals surface area contributed by atoms with E-state index in [1.807, 2.05) is 37.4 Å². The maximum absolute atomic E-state index is 14.6. The van der Waals surface area contributed by atoms with Crippen molar-refractivity contribution < 1.29 is 22.4 Å². The van der Waals surface area contributed by atoms with Crippen molar-refractivity contribution in [3.63, 3.8) is 0 Å². The summed E-state index contributed by atoms with van der Waals surface area (Å²) in [5.74, 6) is -0.476. The Kier molecular flexibility index (Phi) is 7.64. The summed E-state index contributed by atoms with van der Waals surface area (Å²) in [6.45, 7) is 4.62. The molecule has 0 bridgehead atoms. The van der Waals surface area contributed by atoms with Crippen LogP contribution in [0.3, 0.4) is 0 Å². The van der Waals surface area contributed by atoms with Crippen molar-refractivity contribution in [3.05, 3.63) is 107 Å². The van der Waals surface area contributed by atoms with E-state index in [1.54, 1.807) is 35.3 Å². The predicted octanol–water partition coefficient (Wildman–Crippen LogP) is 6.96. The molecule has 0 saturated carbocycles. The lowest BCUT2D eigenvalue weighted by Crippen LogP contribution is -2.50. The summed E-state index contributed by atoms with van der Waals surface area (Å²) in [6, 6.07) is 13.7. The van der Waals surface area contributed by atoms with Crippen molar-refractivity contribution in [2.45, 2.75) is 44.3 Å². The third-order valence-corrected chi connectivity index (χ3v) is 10.1. The first kappa shape index (κ1) is 29.1. The molecule has 1 fully saturated rings. The Morgan fingerprint density at radius 2 is 1.93 bits per heavy atom. The molecule has 11 heteroatoms. The van der Waals surface area contributed by atoms with Crippen LogP contribution in [0.25, 0.3) is 11.8 Å². The molecule has 6 nitrogen and oxygen atoms in total. The van der Waals surface area contributed by atoms with Gasteiger partial charge in [0.1, 0.15) is 22.2 Å². The number of pyridine rings is 2. The molecule has 0 spiro atoms. The molecule has 43 heavy (non-hydrogen) atoms. The number of carbonyl (C=O) groups is 1. The van der Waals surface area contributed by atoms with Crippen LogP contribution in [0.4, 0.5) is 17.6 Å². The van der Waals surface area contributed by atoms with E-state index < -0.39 is 28.0 Å². The number of nitrogens with zero attached hydrogens (tertiary/aromatic N) is 5. The molecule has 6 rings (SSSR count).